The van der Waals surface area contributed by atoms with E-state index in [1.54, 1.807) is 0 Å². The Bertz CT molecular complexity index is 131. The number of fused-ring (bicyclic) bond motifs is 1. The minimum atomic E-state index is 0.840. The van der Waals surface area contributed by atoms with Crippen LogP contribution in [0.25, 0.3) is 0 Å². The largest absolute Gasteiger partial charge is 0.330 e. The van der Waals surface area contributed by atoms with Crippen molar-refractivity contribution in [1.29, 1.82) is 0 Å². The van der Waals surface area contributed by atoms with Gasteiger partial charge in [0.1, 0.15) is 0 Å². The molecule has 1 aliphatic heterocycles. The molecule has 3 atom stereocenters. The number of hydrogen-bond acceptors (Lipinski definition) is 2. The van der Waals surface area contributed by atoms with Gasteiger partial charge >= 0.3 is 0 Å². The van der Waals surface area contributed by atoms with E-state index in [-0.39, 0.29) is 0 Å². The first kappa shape index (κ1) is 6.62. The number of nitrogens with two attached hydrogens (primary N) is 1. The Morgan fingerprint density at radius 2 is 2.40 bits per heavy atom. The lowest BCUT2D eigenvalue weighted by Crippen LogP contribution is -2.28. The first-order valence-electron chi connectivity index (χ1n) is 4.25. The lowest BCUT2D eigenvalue weighted by molar-refractivity contribution is 0.260. The number of hydrogen-bond donors (Lipinski definition) is 1. The van der Waals surface area contributed by atoms with Gasteiger partial charge in [-0.15, -0.1) is 0 Å². The number of nitrogens with zero attached hydrogens (tertiary/aromatic N) is 1. The van der Waals surface area contributed by atoms with Crippen molar-refractivity contribution in [3.8, 4) is 0 Å². The van der Waals surface area contributed by atoms with Gasteiger partial charge in [0.2, 0.25) is 0 Å². The van der Waals surface area contributed by atoms with Crippen LogP contribution < -0.4 is 5.73 Å². The second-order valence-corrected chi connectivity index (χ2v) is 3.68. The van der Waals surface area contributed by atoms with Crippen molar-refractivity contribution in [1.82, 2.24) is 4.90 Å². The van der Waals surface area contributed by atoms with E-state index in [1.807, 2.05) is 0 Å². The van der Waals surface area contributed by atoms with Gasteiger partial charge in [0.15, 0.2) is 0 Å². The van der Waals surface area contributed by atoms with E-state index in [9.17, 15) is 0 Å². The fraction of sp³-hybridized carbons (Fsp3) is 1.00. The van der Waals surface area contributed by atoms with Crippen molar-refractivity contribution in [2.45, 2.75) is 18.9 Å². The number of rotatable bonds is 1. The molecule has 2 N–H and O–H groups in total. The molecule has 0 amide bonds. The second kappa shape index (κ2) is 2.21. The third-order valence-electron chi connectivity index (χ3n) is 3.12. The van der Waals surface area contributed by atoms with Crippen LogP contribution in [-0.4, -0.2) is 31.1 Å². The highest BCUT2D eigenvalue weighted by Crippen LogP contribution is 2.47. The van der Waals surface area contributed by atoms with Gasteiger partial charge in [0.25, 0.3) is 0 Å². The zero-order chi connectivity index (χ0) is 7.14. The van der Waals surface area contributed by atoms with Crippen LogP contribution in [0.2, 0.25) is 0 Å². The van der Waals surface area contributed by atoms with Gasteiger partial charge < -0.3 is 10.6 Å². The third-order valence-corrected chi connectivity index (χ3v) is 3.12. The summed E-state index contributed by atoms with van der Waals surface area (Å²) in [5.74, 6) is 1.80. The van der Waals surface area contributed by atoms with Crippen LogP contribution in [0.15, 0.2) is 0 Å². The average Bonchev–Trinajstić information content (AvgIpc) is 2.63. The summed E-state index contributed by atoms with van der Waals surface area (Å²) in [6, 6.07) is 0.860. The smallest absolute Gasteiger partial charge is 0.0168 e. The molecule has 1 unspecified atom stereocenters. The van der Waals surface area contributed by atoms with Crippen molar-refractivity contribution < 1.29 is 0 Å². The summed E-state index contributed by atoms with van der Waals surface area (Å²) < 4.78 is 0. The van der Waals surface area contributed by atoms with Crippen LogP contribution in [-0.2, 0) is 0 Å². The van der Waals surface area contributed by atoms with E-state index in [0.29, 0.717) is 0 Å². The highest BCUT2D eigenvalue weighted by molar-refractivity contribution is 5.06. The molecule has 2 nitrogen and oxygen atoms in total. The normalized spacial score (nSPS) is 46.8. The Morgan fingerprint density at radius 1 is 1.60 bits per heavy atom. The highest BCUT2D eigenvalue weighted by atomic mass is 15.2. The van der Waals surface area contributed by atoms with Gasteiger partial charge in [-0.1, -0.05) is 0 Å². The third kappa shape index (κ3) is 0.789. The van der Waals surface area contributed by atoms with Crippen molar-refractivity contribution in [2.24, 2.45) is 17.6 Å². The van der Waals surface area contributed by atoms with E-state index in [0.717, 1.165) is 24.4 Å². The first-order valence-corrected chi connectivity index (χ1v) is 4.25. The first-order chi connectivity index (χ1) is 4.84. The Balaban J connectivity index is 1.97. The molecule has 1 heterocycles. The molecule has 0 bridgehead atoms. The van der Waals surface area contributed by atoms with E-state index in [2.05, 4.69) is 11.9 Å². The molecular formula is C8H16N2. The predicted molar refractivity (Wildman–Crippen MR) is 41.7 cm³/mol. The molecule has 0 aromatic carbocycles. The molecule has 58 valence electrons. The Hall–Kier alpha value is -0.0800. The molecule has 0 radical (unpaired) electrons. The molecule has 1 saturated carbocycles. The van der Waals surface area contributed by atoms with Crippen LogP contribution in [0.1, 0.15) is 12.8 Å². The van der Waals surface area contributed by atoms with Crippen LogP contribution >= 0.6 is 0 Å². The van der Waals surface area contributed by atoms with Gasteiger partial charge in [-0.2, -0.15) is 0 Å². The zero-order valence-electron chi connectivity index (χ0n) is 6.59. The summed E-state index contributed by atoms with van der Waals surface area (Å²) in [5.41, 5.74) is 5.63. The average molecular weight is 140 g/mol. The highest BCUT2D eigenvalue weighted by Gasteiger charge is 2.52. The lowest BCUT2D eigenvalue weighted by Gasteiger charge is -2.20. The summed E-state index contributed by atoms with van der Waals surface area (Å²) >= 11 is 0. The van der Waals surface area contributed by atoms with E-state index >= 15 is 0 Å². The maximum atomic E-state index is 5.63. The summed E-state index contributed by atoms with van der Waals surface area (Å²) in [6.07, 6.45) is 2.81. The van der Waals surface area contributed by atoms with Crippen molar-refractivity contribution in [3.05, 3.63) is 0 Å². The molecule has 2 rings (SSSR count). The zero-order valence-corrected chi connectivity index (χ0v) is 6.59. The molecule has 10 heavy (non-hydrogen) atoms. The van der Waals surface area contributed by atoms with Gasteiger partial charge in [0.05, 0.1) is 0 Å². The molecule has 2 heteroatoms. The summed E-state index contributed by atoms with van der Waals surface area (Å²) in [4.78, 5) is 2.48. The van der Waals surface area contributed by atoms with Crippen molar-refractivity contribution in [2.75, 3.05) is 20.1 Å². The summed E-state index contributed by atoms with van der Waals surface area (Å²) in [5, 5.41) is 0. The number of likely N-dealkylation sites (tertiary alicyclic amines) is 1. The molecule has 0 aromatic rings. The molecule has 1 aliphatic carbocycles. The second-order valence-electron chi connectivity index (χ2n) is 3.68. The monoisotopic (exact) mass is 140 g/mol. The molecule has 2 aliphatic rings. The van der Waals surface area contributed by atoms with Gasteiger partial charge in [0, 0.05) is 6.04 Å². The van der Waals surface area contributed by atoms with E-state index < -0.39 is 0 Å². The minimum absolute atomic E-state index is 0.840. The van der Waals surface area contributed by atoms with Gasteiger partial charge in [-0.05, 0) is 44.8 Å². The number of piperidine rings is 1. The summed E-state index contributed by atoms with van der Waals surface area (Å²) in [6.45, 7) is 2.19. The van der Waals surface area contributed by atoms with E-state index in [4.69, 9.17) is 5.73 Å². The maximum Gasteiger partial charge on any atom is 0.0168 e. The predicted octanol–water partition coefficient (Wildman–Crippen LogP) is 0.285. The van der Waals surface area contributed by atoms with Crippen molar-refractivity contribution >= 4 is 0 Å². The Kier molecular flexibility index (Phi) is 1.46. The van der Waals surface area contributed by atoms with Gasteiger partial charge in [-0.25, -0.2) is 0 Å². The Labute approximate surface area is 62.4 Å². The van der Waals surface area contributed by atoms with Crippen LogP contribution in [0, 0.1) is 11.8 Å². The van der Waals surface area contributed by atoms with Crippen LogP contribution in [0.4, 0.5) is 0 Å². The van der Waals surface area contributed by atoms with Gasteiger partial charge in [-0.3, -0.25) is 0 Å². The maximum absolute atomic E-state index is 5.63. The Morgan fingerprint density at radius 3 is 3.00 bits per heavy atom. The molecule has 1 saturated heterocycles. The van der Waals surface area contributed by atoms with Crippen LogP contribution in [0.5, 0.6) is 0 Å². The van der Waals surface area contributed by atoms with Crippen molar-refractivity contribution in [3.63, 3.8) is 0 Å². The fourth-order valence-corrected chi connectivity index (χ4v) is 2.50. The quantitative estimate of drug-likeness (QED) is 0.567. The molecule has 0 spiro atoms. The minimum Gasteiger partial charge on any atom is -0.330 e. The molecule has 0 aromatic heterocycles. The van der Waals surface area contributed by atoms with E-state index in [1.165, 1.54) is 19.4 Å². The summed E-state index contributed by atoms with van der Waals surface area (Å²) in [7, 11) is 2.23. The fourth-order valence-electron chi connectivity index (χ4n) is 2.50. The molecule has 2 fully saturated rings. The lowest BCUT2D eigenvalue weighted by atomic mass is 10.1. The SMILES string of the molecule is CN1CCC[C@@H]2C(CN)[C@@H]21. The van der Waals surface area contributed by atoms with Crippen LogP contribution in [0.3, 0.4) is 0 Å². The topological polar surface area (TPSA) is 29.3 Å². The molecular weight excluding hydrogens is 124 g/mol. The standard InChI is InChI=1S/C8H16N2/c1-10-4-2-3-6-7(5-9)8(6)10/h6-8H,2-5,9H2,1H3/t6-,7?,8-/m1/s1.